The van der Waals surface area contributed by atoms with E-state index in [1.165, 1.54) is 0 Å². The van der Waals surface area contributed by atoms with E-state index in [9.17, 15) is 4.79 Å². The standard InChI is InChI=1S/C15H19NO3/c1-16-13-8-10-14(11-9-13)19-12-6-4-2-3-5-7-15(17)18/h8-11H,2-7,12H2,(H,17,18). The highest BCUT2D eigenvalue weighted by molar-refractivity contribution is 5.66. The molecule has 0 fully saturated rings. The molecule has 0 heterocycles. The number of hydrogen-bond donors (Lipinski definition) is 1. The quantitative estimate of drug-likeness (QED) is 0.539. The van der Waals surface area contributed by atoms with Gasteiger partial charge in [-0.1, -0.05) is 31.4 Å². The number of benzene rings is 1. The Morgan fingerprint density at radius 1 is 1.11 bits per heavy atom. The molecule has 0 radical (unpaired) electrons. The summed E-state index contributed by atoms with van der Waals surface area (Å²) >= 11 is 0. The Morgan fingerprint density at radius 3 is 2.37 bits per heavy atom. The molecular formula is C15H19NO3. The first-order valence-corrected chi connectivity index (χ1v) is 6.54. The molecule has 1 N–H and O–H groups in total. The lowest BCUT2D eigenvalue weighted by atomic mass is 10.1. The Kier molecular flexibility index (Phi) is 7.11. The zero-order chi connectivity index (χ0) is 13.9. The monoisotopic (exact) mass is 261 g/mol. The average molecular weight is 261 g/mol. The Labute approximate surface area is 113 Å². The smallest absolute Gasteiger partial charge is 0.303 e. The van der Waals surface area contributed by atoms with Gasteiger partial charge in [0.05, 0.1) is 13.2 Å². The van der Waals surface area contributed by atoms with Gasteiger partial charge in [0, 0.05) is 6.42 Å². The van der Waals surface area contributed by atoms with Crippen LogP contribution in [0.4, 0.5) is 5.69 Å². The number of hydrogen-bond acceptors (Lipinski definition) is 2. The summed E-state index contributed by atoms with van der Waals surface area (Å²) in [6, 6.07) is 7.10. The summed E-state index contributed by atoms with van der Waals surface area (Å²) in [5.41, 5.74) is 0.616. The normalized spacial score (nSPS) is 9.84. The minimum atomic E-state index is -0.716. The average Bonchev–Trinajstić information content (AvgIpc) is 2.42. The molecule has 0 spiro atoms. The maximum atomic E-state index is 10.3. The predicted octanol–water partition coefficient (Wildman–Crippen LogP) is 4.04. The van der Waals surface area contributed by atoms with Gasteiger partial charge in [-0.25, -0.2) is 4.85 Å². The van der Waals surface area contributed by atoms with Gasteiger partial charge in [-0.3, -0.25) is 4.79 Å². The van der Waals surface area contributed by atoms with Crippen LogP contribution in [0.5, 0.6) is 5.75 Å². The van der Waals surface area contributed by atoms with E-state index in [0.717, 1.165) is 37.9 Å². The van der Waals surface area contributed by atoms with E-state index < -0.39 is 5.97 Å². The Hall–Kier alpha value is -2.02. The maximum Gasteiger partial charge on any atom is 0.303 e. The van der Waals surface area contributed by atoms with Crippen molar-refractivity contribution in [2.45, 2.75) is 38.5 Å². The van der Waals surface area contributed by atoms with Crippen LogP contribution in [0.1, 0.15) is 38.5 Å². The zero-order valence-corrected chi connectivity index (χ0v) is 11.0. The Bertz CT molecular complexity index is 420. The van der Waals surface area contributed by atoms with E-state index >= 15 is 0 Å². The number of aliphatic carboxylic acids is 1. The molecule has 0 bridgehead atoms. The molecule has 0 atom stereocenters. The zero-order valence-electron chi connectivity index (χ0n) is 11.0. The van der Waals surface area contributed by atoms with E-state index in [1.54, 1.807) is 24.3 Å². The minimum absolute atomic E-state index is 0.268. The van der Waals surface area contributed by atoms with Crippen LogP contribution in [0.25, 0.3) is 4.85 Å². The molecule has 0 saturated carbocycles. The molecule has 1 aromatic carbocycles. The summed E-state index contributed by atoms with van der Waals surface area (Å²) in [6.07, 6.45) is 5.06. The van der Waals surface area contributed by atoms with Crippen LogP contribution in [0.3, 0.4) is 0 Å². The maximum absolute atomic E-state index is 10.3. The third kappa shape index (κ3) is 7.10. The van der Waals surface area contributed by atoms with Gasteiger partial charge in [0.15, 0.2) is 5.69 Å². The molecule has 19 heavy (non-hydrogen) atoms. The lowest BCUT2D eigenvalue weighted by Crippen LogP contribution is -1.97. The molecule has 0 aliphatic rings. The van der Waals surface area contributed by atoms with Crippen molar-refractivity contribution in [3.8, 4) is 5.75 Å². The molecular weight excluding hydrogens is 242 g/mol. The topological polar surface area (TPSA) is 50.9 Å². The second kappa shape index (κ2) is 8.98. The van der Waals surface area contributed by atoms with Crippen LogP contribution in [-0.2, 0) is 4.79 Å². The number of carboxylic acids is 1. The van der Waals surface area contributed by atoms with E-state index in [2.05, 4.69) is 4.85 Å². The molecule has 102 valence electrons. The molecule has 0 aromatic heterocycles. The summed E-state index contributed by atoms with van der Waals surface area (Å²) in [6.45, 7) is 7.50. The predicted molar refractivity (Wildman–Crippen MR) is 73.5 cm³/mol. The highest BCUT2D eigenvalue weighted by Crippen LogP contribution is 2.18. The van der Waals surface area contributed by atoms with Crippen molar-refractivity contribution in [3.05, 3.63) is 35.7 Å². The van der Waals surface area contributed by atoms with Crippen molar-refractivity contribution in [3.63, 3.8) is 0 Å². The van der Waals surface area contributed by atoms with Gasteiger partial charge in [0.25, 0.3) is 0 Å². The van der Waals surface area contributed by atoms with E-state index in [0.29, 0.717) is 12.3 Å². The van der Waals surface area contributed by atoms with Crippen molar-refractivity contribution < 1.29 is 14.6 Å². The van der Waals surface area contributed by atoms with Gasteiger partial charge in [0.1, 0.15) is 5.75 Å². The minimum Gasteiger partial charge on any atom is -0.494 e. The van der Waals surface area contributed by atoms with E-state index in [1.807, 2.05) is 0 Å². The molecule has 1 aromatic rings. The second-order valence-electron chi connectivity index (χ2n) is 4.37. The van der Waals surface area contributed by atoms with Crippen LogP contribution in [0.2, 0.25) is 0 Å². The number of ether oxygens (including phenoxy) is 1. The van der Waals surface area contributed by atoms with Crippen LogP contribution >= 0.6 is 0 Å². The first-order valence-electron chi connectivity index (χ1n) is 6.54. The number of unbranched alkanes of at least 4 members (excludes halogenated alkanes) is 4. The van der Waals surface area contributed by atoms with Crippen molar-refractivity contribution >= 4 is 11.7 Å². The van der Waals surface area contributed by atoms with Crippen molar-refractivity contribution in [1.82, 2.24) is 0 Å². The third-order valence-electron chi connectivity index (χ3n) is 2.77. The van der Waals surface area contributed by atoms with Gasteiger partial charge in [0.2, 0.25) is 0 Å². The number of rotatable bonds is 9. The molecule has 0 saturated heterocycles. The van der Waals surface area contributed by atoms with E-state index in [-0.39, 0.29) is 6.42 Å². The summed E-state index contributed by atoms with van der Waals surface area (Å²) in [4.78, 5) is 13.6. The summed E-state index contributed by atoms with van der Waals surface area (Å²) in [5, 5.41) is 8.48. The molecule has 0 aliphatic carbocycles. The van der Waals surface area contributed by atoms with Crippen LogP contribution in [-0.4, -0.2) is 17.7 Å². The molecule has 0 unspecified atom stereocenters. The SMILES string of the molecule is [C-]#[N+]c1ccc(OCCCCCCCC(=O)O)cc1. The largest absolute Gasteiger partial charge is 0.494 e. The molecule has 4 heteroatoms. The van der Waals surface area contributed by atoms with E-state index in [4.69, 9.17) is 16.4 Å². The summed E-state index contributed by atoms with van der Waals surface area (Å²) < 4.78 is 5.55. The molecule has 0 aliphatic heterocycles. The fourth-order valence-corrected chi connectivity index (χ4v) is 1.72. The summed E-state index contributed by atoms with van der Waals surface area (Å²) in [7, 11) is 0. The van der Waals surface area contributed by atoms with Crippen LogP contribution < -0.4 is 4.74 Å². The van der Waals surface area contributed by atoms with Crippen molar-refractivity contribution in [2.75, 3.05) is 6.61 Å². The first kappa shape index (κ1) is 15.0. The summed E-state index contributed by atoms with van der Waals surface area (Å²) in [5.74, 6) is 0.0736. The highest BCUT2D eigenvalue weighted by Gasteiger charge is 1.97. The fraction of sp³-hybridized carbons (Fsp3) is 0.467. The molecule has 1 rings (SSSR count). The van der Waals surface area contributed by atoms with Gasteiger partial charge in [-0.15, -0.1) is 0 Å². The van der Waals surface area contributed by atoms with Gasteiger partial charge in [-0.2, -0.15) is 0 Å². The van der Waals surface area contributed by atoms with Gasteiger partial charge < -0.3 is 9.84 Å². The Morgan fingerprint density at radius 2 is 1.74 bits per heavy atom. The number of carboxylic acid groups (broad SMARTS) is 1. The van der Waals surface area contributed by atoms with Crippen LogP contribution in [0.15, 0.2) is 24.3 Å². The lowest BCUT2D eigenvalue weighted by Gasteiger charge is -2.06. The molecule has 0 amide bonds. The first-order chi connectivity index (χ1) is 9.22. The molecule has 4 nitrogen and oxygen atoms in total. The second-order valence-corrected chi connectivity index (χ2v) is 4.37. The number of nitrogens with zero attached hydrogens (tertiary/aromatic N) is 1. The highest BCUT2D eigenvalue weighted by atomic mass is 16.5. The van der Waals surface area contributed by atoms with Crippen LogP contribution in [0, 0.1) is 6.57 Å². The Balaban J connectivity index is 2.01. The number of carbonyl (C=O) groups is 1. The van der Waals surface area contributed by atoms with Gasteiger partial charge >= 0.3 is 5.97 Å². The van der Waals surface area contributed by atoms with Crippen molar-refractivity contribution in [2.24, 2.45) is 0 Å². The fourth-order valence-electron chi connectivity index (χ4n) is 1.72. The van der Waals surface area contributed by atoms with Gasteiger partial charge in [-0.05, 0) is 25.0 Å². The van der Waals surface area contributed by atoms with Crippen molar-refractivity contribution in [1.29, 1.82) is 0 Å². The third-order valence-corrected chi connectivity index (χ3v) is 2.77. The lowest BCUT2D eigenvalue weighted by molar-refractivity contribution is -0.137.